The lowest BCUT2D eigenvalue weighted by atomic mass is 9.91. The minimum absolute atomic E-state index is 0.0211. The van der Waals surface area contributed by atoms with E-state index in [1.807, 2.05) is 46.0 Å². The molecule has 3 N–H and O–H groups in total. The maximum Gasteiger partial charge on any atom is 0.407 e. The topological polar surface area (TPSA) is 191 Å². The van der Waals surface area contributed by atoms with Crippen molar-refractivity contribution in [3.63, 3.8) is 0 Å². The molecule has 0 spiro atoms. The number of unbranched alkanes of at least 4 members (excludes halogenated alkanes) is 1. The van der Waals surface area contributed by atoms with Crippen LogP contribution in [0.1, 0.15) is 25.3 Å². The quantitative estimate of drug-likeness (QED) is 0.210. The Balaban J connectivity index is 0.00000253. The average molecular weight is 837 g/mol. The summed E-state index contributed by atoms with van der Waals surface area (Å²) in [6.45, 7) is 5.52. The summed E-state index contributed by atoms with van der Waals surface area (Å²) in [6, 6.07) is 13.9. The van der Waals surface area contributed by atoms with Crippen molar-refractivity contribution in [1.29, 1.82) is 0 Å². The van der Waals surface area contributed by atoms with E-state index in [1.54, 1.807) is 36.1 Å². The van der Waals surface area contributed by atoms with Crippen LogP contribution in [0, 0.1) is 0 Å². The number of rotatable bonds is 12. The van der Waals surface area contributed by atoms with Crippen molar-refractivity contribution in [3.8, 4) is 0 Å². The van der Waals surface area contributed by atoms with Gasteiger partial charge in [-0.2, -0.15) is 9.59 Å². The second kappa shape index (κ2) is 21.5. The molecule has 0 aromatic heterocycles. The molecule has 2 saturated heterocycles. The van der Waals surface area contributed by atoms with Crippen molar-refractivity contribution in [1.82, 2.24) is 29.8 Å². The molecule has 4 rings (SSSR count). The number of amides is 5. The third-order valence-electron chi connectivity index (χ3n) is 9.31. The molecule has 2 aromatic carbocycles. The highest BCUT2D eigenvalue weighted by atomic mass is 79.9. The fourth-order valence-electron chi connectivity index (χ4n) is 6.31. The zero-order chi connectivity index (χ0) is 39.8. The summed E-state index contributed by atoms with van der Waals surface area (Å²) in [4.78, 5) is 90.1. The molecular formula is C36H47BrClN7O9. The number of carboxylic acids is 1. The van der Waals surface area contributed by atoms with Crippen LogP contribution in [0.2, 0.25) is 5.02 Å². The minimum Gasteiger partial charge on any atom is -0.480 e. The monoisotopic (exact) mass is 835 g/mol. The molecule has 0 aliphatic carbocycles. The summed E-state index contributed by atoms with van der Waals surface area (Å²) in [6.07, 6.45) is 0.601. The number of hydrogen-bond acceptors (Lipinski definition) is 10. The van der Waals surface area contributed by atoms with Crippen LogP contribution in [-0.4, -0.2) is 162 Å². The predicted molar refractivity (Wildman–Crippen MR) is 202 cm³/mol. The minimum atomic E-state index is -1.15. The van der Waals surface area contributed by atoms with Gasteiger partial charge in [0.1, 0.15) is 5.54 Å². The molecule has 0 unspecified atom stereocenters. The first-order valence-corrected chi connectivity index (χ1v) is 18.6. The smallest absolute Gasteiger partial charge is 0.407 e. The van der Waals surface area contributed by atoms with E-state index in [1.165, 1.54) is 9.80 Å². The van der Waals surface area contributed by atoms with Gasteiger partial charge in [-0.25, -0.2) is 14.5 Å². The second-order valence-electron chi connectivity index (χ2n) is 13.3. The van der Waals surface area contributed by atoms with Crippen molar-refractivity contribution < 1.29 is 43.8 Å². The molecule has 2 aromatic rings. The van der Waals surface area contributed by atoms with Gasteiger partial charge in [-0.15, -0.1) is 0 Å². The first kappa shape index (κ1) is 44.0. The fourth-order valence-corrected chi connectivity index (χ4v) is 6.76. The Bertz CT molecular complexity index is 1650. The normalized spacial score (nSPS) is 19.3. The number of imide groups is 1. The van der Waals surface area contributed by atoms with E-state index >= 15 is 0 Å². The summed E-state index contributed by atoms with van der Waals surface area (Å²) >= 11 is 9.66. The van der Waals surface area contributed by atoms with E-state index in [2.05, 4.69) is 21.2 Å². The molecular weight excluding hydrogens is 790 g/mol. The van der Waals surface area contributed by atoms with Crippen molar-refractivity contribution >= 4 is 69.3 Å². The highest BCUT2D eigenvalue weighted by Gasteiger charge is 2.54. The van der Waals surface area contributed by atoms with Crippen LogP contribution < -0.4 is 10.2 Å². The van der Waals surface area contributed by atoms with Crippen LogP contribution in [0.4, 0.5) is 15.3 Å². The standard InChI is InChI=1S/C35H47BrClN7O7.CO2/c1-35(23-26-8-10-27(36)11-9-26)32(48)44(29-7-5-6-28(37)22-29)33(49)43(35)13-4-3-12-38-30(45)24-40-17-18-41(25-31(46)47)16-14-39(2)15-20-42(21-19-40)34(50)51;2-1-3/h5-11,22H,3-4,12-21,23-25H2,1-2H3,(H,38,45)(H,46,47)(H,50,51);/t35-;/m0./s1. The fraction of sp³-hybridized carbons (Fsp3) is 0.500. The number of carbonyl (C=O) groups excluding carboxylic acids is 5. The van der Waals surface area contributed by atoms with Crippen LogP contribution in [-0.2, 0) is 30.4 Å². The molecule has 5 amide bonds. The van der Waals surface area contributed by atoms with Crippen LogP contribution in [0.15, 0.2) is 53.0 Å². The van der Waals surface area contributed by atoms with Gasteiger partial charge < -0.3 is 30.2 Å². The average Bonchev–Trinajstić information content (AvgIpc) is 3.28. The van der Waals surface area contributed by atoms with E-state index in [0.717, 1.165) is 10.0 Å². The maximum atomic E-state index is 13.9. The Kier molecular flexibility index (Phi) is 17.5. The number of benzene rings is 2. The highest BCUT2D eigenvalue weighted by molar-refractivity contribution is 9.10. The summed E-state index contributed by atoms with van der Waals surface area (Å²) in [5.41, 5.74) is 0.158. The van der Waals surface area contributed by atoms with Crippen molar-refractivity contribution in [2.24, 2.45) is 0 Å². The Morgan fingerprint density at radius 2 is 1.48 bits per heavy atom. The third-order valence-corrected chi connectivity index (χ3v) is 10.1. The van der Waals surface area contributed by atoms with Gasteiger partial charge in [-0.3, -0.25) is 24.2 Å². The van der Waals surface area contributed by atoms with E-state index in [-0.39, 0.29) is 44.1 Å². The highest BCUT2D eigenvalue weighted by Crippen LogP contribution is 2.36. The van der Waals surface area contributed by atoms with Gasteiger partial charge in [0.25, 0.3) is 5.91 Å². The van der Waals surface area contributed by atoms with E-state index in [0.29, 0.717) is 82.3 Å². The van der Waals surface area contributed by atoms with Gasteiger partial charge in [0, 0.05) is 81.4 Å². The summed E-state index contributed by atoms with van der Waals surface area (Å²) in [5.74, 6) is -1.52. The number of carbonyl (C=O) groups is 5. The summed E-state index contributed by atoms with van der Waals surface area (Å²) in [7, 11) is 1.88. The maximum absolute atomic E-state index is 13.9. The number of hydrogen-bond donors (Lipinski definition) is 3. The number of halogens is 2. The van der Waals surface area contributed by atoms with Gasteiger partial charge >= 0.3 is 24.2 Å². The molecule has 2 aliphatic heterocycles. The Hall–Kier alpha value is -4.38. The van der Waals surface area contributed by atoms with Gasteiger partial charge in [-0.05, 0) is 62.7 Å². The number of aliphatic carboxylic acids is 1. The first-order valence-electron chi connectivity index (χ1n) is 17.4. The van der Waals surface area contributed by atoms with Crippen LogP contribution >= 0.6 is 27.5 Å². The largest absolute Gasteiger partial charge is 0.480 e. The van der Waals surface area contributed by atoms with E-state index < -0.39 is 23.6 Å². The summed E-state index contributed by atoms with van der Waals surface area (Å²) < 4.78 is 0.906. The molecule has 18 heteroatoms. The number of nitrogens with zero attached hydrogens (tertiary/aromatic N) is 6. The molecule has 0 radical (unpaired) electrons. The lowest BCUT2D eigenvalue weighted by molar-refractivity contribution is -0.191. The molecule has 2 aliphatic rings. The van der Waals surface area contributed by atoms with Crippen LogP contribution in [0.3, 0.4) is 0 Å². The predicted octanol–water partition coefficient (Wildman–Crippen LogP) is 2.80. The molecule has 0 saturated carbocycles. The lowest BCUT2D eigenvalue weighted by Gasteiger charge is -2.32. The number of carboxylic acid groups (broad SMARTS) is 2. The van der Waals surface area contributed by atoms with Gasteiger partial charge in [0.05, 0.1) is 18.8 Å². The Morgan fingerprint density at radius 3 is 2.11 bits per heavy atom. The summed E-state index contributed by atoms with van der Waals surface area (Å²) in [5, 5.41) is 22.4. The molecule has 2 heterocycles. The molecule has 1 atom stereocenters. The molecule has 16 nitrogen and oxygen atoms in total. The molecule has 54 heavy (non-hydrogen) atoms. The molecule has 0 bridgehead atoms. The van der Waals surface area contributed by atoms with Gasteiger partial charge in [0.15, 0.2) is 0 Å². The van der Waals surface area contributed by atoms with Crippen LogP contribution in [0.5, 0.6) is 0 Å². The Morgan fingerprint density at radius 1 is 0.889 bits per heavy atom. The number of anilines is 1. The van der Waals surface area contributed by atoms with Crippen molar-refractivity contribution in [2.45, 2.75) is 31.7 Å². The van der Waals surface area contributed by atoms with Gasteiger partial charge in [0.2, 0.25) is 5.91 Å². The zero-order valence-corrected chi connectivity index (χ0v) is 32.8. The number of urea groups is 1. The lowest BCUT2D eigenvalue weighted by Crippen LogP contribution is -2.49. The molecule has 2 fully saturated rings. The number of nitrogens with one attached hydrogen (secondary N) is 1. The van der Waals surface area contributed by atoms with E-state index in [9.17, 15) is 34.2 Å². The zero-order valence-electron chi connectivity index (χ0n) is 30.4. The van der Waals surface area contributed by atoms with Gasteiger partial charge in [-0.1, -0.05) is 45.7 Å². The van der Waals surface area contributed by atoms with Crippen LogP contribution in [0.25, 0.3) is 0 Å². The number of likely N-dealkylation sites (N-methyl/N-ethyl adjacent to an activating group) is 1. The van der Waals surface area contributed by atoms with E-state index in [4.69, 9.17) is 21.2 Å². The van der Waals surface area contributed by atoms with Crippen molar-refractivity contribution in [3.05, 3.63) is 63.6 Å². The molecule has 294 valence electrons. The third kappa shape index (κ3) is 13.2. The van der Waals surface area contributed by atoms with Crippen molar-refractivity contribution in [2.75, 3.05) is 90.5 Å². The Labute approximate surface area is 327 Å². The second-order valence-corrected chi connectivity index (χ2v) is 14.6. The first-order chi connectivity index (χ1) is 25.7. The SMILES string of the molecule is CN1CCN(CC(=O)O)CCN(CC(=O)NCCCCN2C(=O)N(c3cccc(Cl)c3)C(=O)[C@]2(C)Cc2ccc(Br)cc2)CCN(C(=O)O)CC1.O=C=O.